The standard InChI is InChI=1S/C55H33N3O2/c1-2-10-34(11-3-1)35-20-24-38(25-21-35)53-56-54(39-26-22-37(23-27-39)43-16-8-13-36-12-4-5-14-42(36)43)58-55(57-53)41-29-31-47-51(33-41)60-49-19-9-17-44(52(47)49)40-28-30-46-45-15-6-7-18-48(45)59-50(46)32-40/h1-33H/i9D,17D,19D,29D,31D,33D. The first-order valence-corrected chi connectivity index (χ1v) is 19.6. The van der Waals surface area contributed by atoms with E-state index in [0.717, 1.165) is 43.8 Å². The van der Waals surface area contributed by atoms with E-state index in [9.17, 15) is 4.11 Å². The van der Waals surface area contributed by atoms with Crippen LogP contribution in [0.1, 0.15) is 8.22 Å². The van der Waals surface area contributed by atoms with Crippen molar-refractivity contribution in [3.63, 3.8) is 0 Å². The summed E-state index contributed by atoms with van der Waals surface area (Å²) in [5, 5.41) is 4.35. The molecule has 60 heavy (non-hydrogen) atoms. The van der Waals surface area contributed by atoms with E-state index in [1.165, 1.54) is 0 Å². The molecule has 0 fully saturated rings. The van der Waals surface area contributed by atoms with Gasteiger partial charge in [0, 0.05) is 38.2 Å². The first-order valence-electron chi connectivity index (χ1n) is 22.6. The summed E-state index contributed by atoms with van der Waals surface area (Å²) in [5.74, 6) is 0.600. The van der Waals surface area contributed by atoms with Crippen LogP contribution in [0.15, 0.2) is 209 Å². The maximum atomic E-state index is 9.67. The number of furan rings is 2. The molecule has 0 spiro atoms. The molecule has 9 aromatic carbocycles. The molecule has 12 rings (SSSR count). The summed E-state index contributed by atoms with van der Waals surface area (Å²) in [5.41, 5.74) is 7.30. The zero-order valence-electron chi connectivity index (χ0n) is 37.7. The Balaban J connectivity index is 1.05. The fourth-order valence-corrected chi connectivity index (χ4v) is 8.12. The summed E-state index contributed by atoms with van der Waals surface area (Å²) in [6.07, 6.45) is 0. The smallest absolute Gasteiger partial charge is 0.164 e. The van der Waals surface area contributed by atoms with Gasteiger partial charge >= 0.3 is 0 Å². The number of para-hydroxylation sites is 1. The minimum atomic E-state index is -0.373. The zero-order chi connectivity index (χ0) is 44.8. The van der Waals surface area contributed by atoms with Gasteiger partial charge in [-0.3, -0.25) is 0 Å². The highest BCUT2D eigenvalue weighted by atomic mass is 16.3. The third kappa shape index (κ3) is 5.75. The zero-order valence-corrected chi connectivity index (χ0v) is 31.7. The van der Waals surface area contributed by atoms with Crippen molar-refractivity contribution in [2.75, 3.05) is 0 Å². The molecule has 5 heteroatoms. The Kier molecular flexibility index (Phi) is 6.48. The van der Waals surface area contributed by atoms with E-state index in [2.05, 4.69) is 24.3 Å². The van der Waals surface area contributed by atoms with Gasteiger partial charge in [-0.2, -0.15) is 0 Å². The number of benzene rings is 9. The molecule has 0 saturated carbocycles. The second-order valence-corrected chi connectivity index (χ2v) is 14.7. The molecule has 0 amide bonds. The van der Waals surface area contributed by atoms with Crippen LogP contribution in [0.25, 0.3) is 122 Å². The van der Waals surface area contributed by atoms with Gasteiger partial charge in [0.15, 0.2) is 17.5 Å². The van der Waals surface area contributed by atoms with Crippen molar-refractivity contribution >= 4 is 54.6 Å². The fourth-order valence-electron chi connectivity index (χ4n) is 8.12. The number of hydrogen-bond donors (Lipinski definition) is 0. The van der Waals surface area contributed by atoms with Gasteiger partial charge in [0.1, 0.15) is 22.3 Å². The van der Waals surface area contributed by atoms with E-state index in [-0.39, 0.29) is 75.1 Å². The second kappa shape index (κ2) is 13.8. The van der Waals surface area contributed by atoms with E-state index in [4.69, 9.17) is 27.9 Å². The molecule has 280 valence electrons. The predicted molar refractivity (Wildman–Crippen MR) is 245 cm³/mol. The van der Waals surface area contributed by atoms with Crippen LogP contribution in [0.2, 0.25) is 0 Å². The van der Waals surface area contributed by atoms with E-state index < -0.39 is 0 Å². The minimum absolute atomic E-state index is 0.00450. The first-order chi connectivity index (χ1) is 32.2. The lowest BCUT2D eigenvalue weighted by molar-refractivity contribution is 0.668. The average Bonchev–Trinajstić information content (AvgIpc) is 3.95. The summed E-state index contributed by atoms with van der Waals surface area (Å²) >= 11 is 0. The van der Waals surface area contributed by atoms with Crippen molar-refractivity contribution in [2.24, 2.45) is 0 Å². The van der Waals surface area contributed by atoms with Crippen LogP contribution < -0.4 is 0 Å². The van der Waals surface area contributed by atoms with Crippen LogP contribution in [-0.2, 0) is 0 Å². The molecule has 0 aliphatic carbocycles. The topological polar surface area (TPSA) is 65.0 Å². The molecule has 0 unspecified atom stereocenters. The van der Waals surface area contributed by atoms with Crippen molar-refractivity contribution in [2.45, 2.75) is 0 Å². The van der Waals surface area contributed by atoms with Crippen molar-refractivity contribution in [3.8, 4) is 67.5 Å². The minimum Gasteiger partial charge on any atom is -0.456 e. The Morgan fingerprint density at radius 1 is 0.350 bits per heavy atom. The number of nitrogens with zero attached hydrogens (tertiary/aromatic N) is 3. The molecule has 3 aromatic heterocycles. The summed E-state index contributed by atoms with van der Waals surface area (Å²) < 4.78 is 68.2. The van der Waals surface area contributed by atoms with Gasteiger partial charge in [0.2, 0.25) is 0 Å². The van der Waals surface area contributed by atoms with Crippen LogP contribution >= 0.6 is 0 Å². The molecule has 3 heterocycles. The number of hydrogen-bond acceptors (Lipinski definition) is 5. The van der Waals surface area contributed by atoms with Crippen molar-refractivity contribution < 1.29 is 17.1 Å². The molecule has 0 radical (unpaired) electrons. The molecular formula is C55H33N3O2. The highest BCUT2D eigenvalue weighted by Crippen LogP contribution is 2.40. The molecule has 5 nitrogen and oxygen atoms in total. The lowest BCUT2D eigenvalue weighted by Crippen LogP contribution is -2.00. The van der Waals surface area contributed by atoms with E-state index >= 15 is 0 Å². The fraction of sp³-hybridized carbons (Fsp3) is 0. The summed E-state index contributed by atoms with van der Waals surface area (Å²) in [4.78, 5) is 14.7. The van der Waals surface area contributed by atoms with Crippen molar-refractivity contribution in [1.82, 2.24) is 15.0 Å². The predicted octanol–water partition coefficient (Wildman–Crippen LogP) is 14.8. The third-order valence-corrected chi connectivity index (χ3v) is 11.1. The molecule has 0 bridgehead atoms. The van der Waals surface area contributed by atoms with Crippen molar-refractivity contribution in [3.05, 3.63) is 200 Å². The lowest BCUT2D eigenvalue weighted by Gasteiger charge is -2.11. The quantitative estimate of drug-likeness (QED) is 0.168. The van der Waals surface area contributed by atoms with Crippen LogP contribution in [0.5, 0.6) is 0 Å². The Morgan fingerprint density at radius 3 is 1.75 bits per heavy atom. The molecule has 0 aliphatic heterocycles. The monoisotopic (exact) mass is 773 g/mol. The highest BCUT2D eigenvalue weighted by molar-refractivity contribution is 6.14. The van der Waals surface area contributed by atoms with Crippen LogP contribution in [-0.4, -0.2) is 15.0 Å². The summed E-state index contributed by atoms with van der Waals surface area (Å²) in [7, 11) is 0. The summed E-state index contributed by atoms with van der Waals surface area (Å²) in [6.45, 7) is 0. The maximum Gasteiger partial charge on any atom is 0.164 e. The molecular weight excluding hydrogens is 735 g/mol. The van der Waals surface area contributed by atoms with E-state index in [1.807, 2.05) is 133 Å². The molecule has 12 aromatic rings. The molecule has 0 saturated heterocycles. The van der Waals surface area contributed by atoms with Gasteiger partial charge in [-0.1, -0.05) is 164 Å². The second-order valence-electron chi connectivity index (χ2n) is 14.7. The maximum absolute atomic E-state index is 9.67. The first kappa shape index (κ1) is 28.3. The van der Waals surface area contributed by atoms with Crippen molar-refractivity contribution in [1.29, 1.82) is 0 Å². The lowest BCUT2D eigenvalue weighted by atomic mass is 9.97. The normalized spacial score (nSPS) is 13.1. The largest absolute Gasteiger partial charge is 0.456 e. The van der Waals surface area contributed by atoms with Crippen LogP contribution in [0.3, 0.4) is 0 Å². The molecule has 0 atom stereocenters. The third-order valence-electron chi connectivity index (χ3n) is 11.1. The highest BCUT2D eigenvalue weighted by Gasteiger charge is 2.18. The van der Waals surface area contributed by atoms with E-state index in [0.29, 0.717) is 39.5 Å². The number of rotatable bonds is 6. The van der Waals surface area contributed by atoms with Gasteiger partial charge in [-0.25, -0.2) is 15.0 Å². The van der Waals surface area contributed by atoms with Gasteiger partial charge in [-0.05, 0) is 80.5 Å². The number of aromatic nitrogens is 3. The Morgan fingerprint density at radius 2 is 0.950 bits per heavy atom. The molecule has 0 aliphatic rings. The van der Waals surface area contributed by atoms with Crippen LogP contribution in [0.4, 0.5) is 0 Å². The average molecular weight is 774 g/mol. The van der Waals surface area contributed by atoms with Crippen LogP contribution in [0, 0.1) is 0 Å². The van der Waals surface area contributed by atoms with Gasteiger partial charge in [0.05, 0.1) is 8.22 Å². The Hall–Kier alpha value is -8.15. The Bertz CT molecular complexity index is 3940. The van der Waals surface area contributed by atoms with Gasteiger partial charge in [0.25, 0.3) is 0 Å². The van der Waals surface area contributed by atoms with Gasteiger partial charge in [-0.15, -0.1) is 0 Å². The Labute approximate surface area is 353 Å². The number of fused-ring (bicyclic) bond motifs is 7. The SMILES string of the molecule is [2H]c1c([2H])c(-c2ccc3c(c2)oc2ccccc23)c2c(oc3c([2H])c(-c4nc(-c5ccc(-c6ccccc6)cc5)nc(-c5ccc(-c6cccc7ccccc67)cc5)n4)c([2H])c([2H])c32)c1[2H]. The van der Waals surface area contributed by atoms with E-state index in [1.54, 1.807) is 6.07 Å². The molecule has 0 N–H and O–H groups in total. The summed E-state index contributed by atoms with van der Waals surface area (Å²) in [6, 6.07) is 51.5. The van der Waals surface area contributed by atoms with Gasteiger partial charge < -0.3 is 8.83 Å².